The fraction of sp³-hybridized carbons (Fsp3) is 0.0769. The van der Waals surface area contributed by atoms with E-state index in [1.165, 1.54) is 12.1 Å². The fourth-order valence-electron chi connectivity index (χ4n) is 1.83. The molecule has 20 heavy (non-hydrogen) atoms. The van der Waals surface area contributed by atoms with Gasteiger partial charge in [0.05, 0.1) is 21.5 Å². The van der Waals surface area contributed by atoms with Gasteiger partial charge in [-0.3, -0.25) is 20.2 Å². The minimum absolute atomic E-state index is 0.259. The number of non-ortho nitro benzene ring substituents is 1. The lowest BCUT2D eigenvalue weighted by atomic mass is 10.0. The van der Waals surface area contributed by atoms with Gasteiger partial charge in [0.1, 0.15) is 0 Å². The lowest BCUT2D eigenvalue weighted by Gasteiger charge is -2.05. The number of nitro benzene ring substituents is 2. The number of nitro groups is 2. The summed E-state index contributed by atoms with van der Waals surface area (Å²) in [5, 5.41) is 21.8. The summed E-state index contributed by atoms with van der Waals surface area (Å²) in [6.45, 7) is 0.259. The molecule has 0 heterocycles. The Kier molecular flexibility index (Phi) is 3.72. The van der Waals surface area contributed by atoms with E-state index in [1.54, 1.807) is 18.2 Å². The zero-order valence-electron chi connectivity index (χ0n) is 10.3. The Bertz CT molecular complexity index is 685. The van der Waals surface area contributed by atoms with Gasteiger partial charge < -0.3 is 5.73 Å². The molecule has 0 aliphatic carbocycles. The SMILES string of the molecule is NCc1[c]ccc(-c2ccc([N+](=O)[O-])cc2[N+](=O)[O-])c1. The van der Waals surface area contributed by atoms with Gasteiger partial charge in [0.15, 0.2) is 0 Å². The summed E-state index contributed by atoms with van der Waals surface area (Å²) in [6.07, 6.45) is 0. The second kappa shape index (κ2) is 5.45. The van der Waals surface area contributed by atoms with Crippen molar-refractivity contribution in [2.45, 2.75) is 6.54 Å². The molecule has 0 aliphatic heterocycles. The highest BCUT2D eigenvalue weighted by Gasteiger charge is 2.20. The normalized spacial score (nSPS) is 10.2. The van der Waals surface area contributed by atoms with Crippen LogP contribution in [-0.2, 0) is 6.54 Å². The Labute approximate surface area is 113 Å². The standard InChI is InChI=1S/C13H10N3O4/c14-8-9-2-1-3-10(6-9)12-5-4-11(15(17)18)7-13(12)16(19)20/h1,3-7H,8,14H2. The summed E-state index contributed by atoms with van der Waals surface area (Å²) in [5.41, 5.74) is 6.46. The van der Waals surface area contributed by atoms with E-state index in [-0.39, 0.29) is 17.9 Å². The molecule has 0 fully saturated rings. The molecule has 101 valence electrons. The predicted molar refractivity (Wildman–Crippen MR) is 71.9 cm³/mol. The minimum Gasteiger partial charge on any atom is -0.326 e. The first-order chi connectivity index (χ1) is 9.52. The zero-order valence-corrected chi connectivity index (χ0v) is 10.3. The Hall–Kier alpha value is -2.80. The van der Waals surface area contributed by atoms with Crippen LogP contribution in [0.2, 0.25) is 0 Å². The van der Waals surface area contributed by atoms with E-state index in [2.05, 4.69) is 6.07 Å². The van der Waals surface area contributed by atoms with Gasteiger partial charge in [0.2, 0.25) is 0 Å². The number of benzene rings is 2. The van der Waals surface area contributed by atoms with E-state index in [1.807, 2.05) is 0 Å². The van der Waals surface area contributed by atoms with Gasteiger partial charge in [0, 0.05) is 12.6 Å². The van der Waals surface area contributed by atoms with Crippen molar-refractivity contribution in [1.82, 2.24) is 0 Å². The first kappa shape index (κ1) is 13.6. The molecule has 0 spiro atoms. The van der Waals surface area contributed by atoms with E-state index < -0.39 is 9.85 Å². The first-order valence-electron chi connectivity index (χ1n) is 5.67. The highest BCUT2D eigenvalue weighted by atomic mass is 16.6. The van der Waals surface area contributed by atoms with E-state index >= 15 is 0 Å². The highest BCUT2D eigenvalue weighted by Crippen LogP contribution is 2.33. The smallest absolute Gasteiger partial charge is 0.284 e. The second-order valence-electron chi connectivity index (χ2n) is 4.02. The molecule has 0 saturated carbocycles. The molecule has 0 amide bonds. The molecule has 0 aromatic heterocycles. The van der Waals surface area contributed by atoms with Gasteiger partial charge >= 0.3 is 0 Å². The average Bonchev–Trinajstić information content (AvgIpc) is 2.46. The molecule has 0 bridgehead atoms. The topological polar surface area (TPSA) is 112 Å². The largest absolute Gasteiger partial charge is 0.326 e. The first-order valence-corrected chi connectivity index (χ1v) is 5.67. The number of nitrogens with two attached hydrogens (primary N) is 1. The quantitative estimate of drug-likeness (QED) is 0.678. The molecule has 7 heteroatoms. The van der Waals surface area contributed by atoms with Crippen molar-refractivity contribution >= 4 is 11.4 Å². The van der Waals surface area contributed by atoms with E-state index in [0.29, 0.717) is 16.7 Å². The van der Waals surface area contributed by atoms with Crippen LogP contribution in [0.4, 0.5) is 11.4 Å². The summed E-state index contributed by atoms with van der Waals surface area (Å²) < 4.78 is 0. The number of nitrogens with zero attached hydrogens (tertiary/aromatic N) is 2. The molecule has 1 radical (unpaired) electrons. The molecule has 2 aromatic carbocycles. The number of hydrogen-bond acceptors (Lipinski definition) is 5. The fourth-order valence-corrected chi connectivity index (χ4v) is 1.83. The average molecular weight is 272 g/mol. The van der Waals surface area contributed by atoms with Gasteiger partial charge in [0.25, 0.3) is 11.4 Å². The summed E-state index contributed by atoms with van der Waals surface area (Å²) in [5.74, 6) is 0. The molecule has 7 nitrogen and oxygen atoms in total. The van der Waals surface area contributed by atoms with Crippen LogP contribution in [0.5, 0.6) is 0 Å². The highest BCUT2D eigenvalue weighted by molar-refractivity contribution is 5.75. The van der Waals surface area contributed by atoms with Crippen molar-refractivity contribution in [3.8, 4) is 11.1 Å². The van der Waals surface area contributed by atoms with E-state index in [9.17, 15) is 20.2 Å². The van der Waals surface area contributed by atoms with Crippen LogP contribution in [0.25, 0.3) is 11.1 Å². The maximum atomic E-state index is 11.1. The van der Waals surface area contributed by atoms with Crippen LogP contribution < -0.4 is 5.73 Å². The van der Waals surface area contributed by atoms with Crippen molar-refractivity contribution in [1.29, 1.82) is 0 Å². The van der Waals surface area contributed by atoms with Crippen LogP contribution in [0.3, 0.4) is 0 Å². The van der Waals surface area contributed by atoms with Crippen molar-refractivity contribution < 1.29 is 9.85 Å². The molecule has 0 aliphatic rings. The summed E-state index contributed by atoms with van der Waals surface area (Å²) in [4.78, 5) is 20.5. The third-order valence-electron chi connectivity index (χ3n) is 2.78. The number of hydrogen-bond donors (Lipinski definition) is 1. The summed E-state index contributed by atoms with van der Waals surface area (Å²) in [7, 11) is 0. The van der Waals surface area contributed by atoms with Crippen molar-refractivity contribution in [3.63, 3.8) is 0 Å². The van der Waals surface area contributed by atoms with Gasteiger partial charge in [-0.15, -0.1) is 0 Å². The lowest BCUT2D eigenvalue weighted by Crippen LogP contribution is -1.98. The van der Waals surface area contributed by atoms with Crippen LogP contribution in [0.1, 0.15) is 5.56 Å². The zero-order chi connectivity index (χ0) is 14.7. The van der Waals surface area contributed by atoms with Crippen LogP contribution in [0, 0.1) is 26.3 Å². The van der Waals surface area contributed by atoms with Crippen molar-refractivity contribution in [3.05, 3.63) is 68.3 Å². The van der Waals surface area contributed by atoms with Crippen molar-refractivity contribution in [2.24, 2.45) is 5.73 Å². The molecule has 0 unspecified atom stereocenters. The molecular weight excluding hydrogens is 262 g/mol. The second-order valence-corrected chi connectivity index (χ2v) is 4.02. The Morgan fingerprint density at radius 2 is 1.85 bits per heavy atom. The monoisotopic (exact) mass is 272 g/mol. The summed E-state index contributed by atoms with van der Waals surface area (Å²) in [6, 6.07) is 11.4. The third-order valence-corrected chi connectivity index (χ3v) is 2.78. The number of rotatable bonds is 4. The summed E-state index contributed by atoms with van der Waals surface area (Å²) >= 11 is 0. The van der Waals surface area contributed by atoms with Crippen LogP contribution in [-0.4, -0.2) is 9.85 Å². The molecule has 2 N–H and O–H groups in total. The van der Waals surface area contributed by atoms with E-state index in [4.69, 9.17) is 5.73 Å². The van der Waals surface area contributed by atoms with E-state index in [0.717, 1.165) is 6.07 Å². The van der Waals surface area contributed by atoms with Gasteiger partial charge in [-0.05, 0) is 29.3 Å². The van der Waals surface area contributed by atoms with Gasteiger partial charge in [-0.1, -0.05) is 12.1 Å². The molecule has 0 saturated heterocycles. The Balaban J connectivity index is 2.60. The Morgan fingerprint density at radius 1 is 1.10 bits per heavy atom. The molecule has 2 rings (SSSR count). The molecule has 2 aromatic rings. The van der Waals surface area contributed by atoms with Crippen LogP contribution in [0.15, 0.2) is 36.4 Å². The van der Waals surface area contributed by atoms with Crippen molar-refractivity contribution in [2.75, 3.05) is 0 Å². The molecular formula is C13H10N3O4. The lowest BCUT2D eigenvalue weighted by molar-refractivity contribution is -0.393. The van der Waals surface area contributed by atoms with Gasteiger partial charge in [-0.2, -0.15) is 0 Å². The Morgan fingerprint density at radius 3 is 2.45 bits per heavy atom. The minimum atomic E-state index is -0.666. The maximum Gasteiger partial charge on any atom is 0.284 e. The maximum absolute atomic E-state index is 11.1. The predicted octanol–water partition coefficient (Wildman–Crippen LogP) is 2.43. The third kappa shape index (κ3) is 2.62. The molecule has 0 atom stereocenters. The van der Waals surface area contributed by atoms with Gasteiger partial charge in [-0.25, -0.2) is 0 Å². The van der Waals surface area contributed by atoms with Crippen LogP contribution >= 0.6 is 0 Å².